The van der Waals surface area contributed by atoms with Gasteiger partial charge in [0.15, 0.2) is 23.0 Å². The number of phenols is 1. The first kappa shape index (κ1) is 19.3. The van der Waals surface area contributed by atoms with Gasteiger partial charge in [-0.05, 0) is 47.7 Å². The Morgan fingerprint density at radius 2 is 1.70 bits per heavy atom. The van der Waals surface area contributed by atoms with E-state index >= 15 is 0 Å². The summed E-state index contributed by atoms with van der Waals surface area (Å²) in [6.45, 7) is 0.569. The van der Waals surface area contributed by atoms with Crippen LogP contribution >= 0.6 is 0 Å². The number of benzene rings is 2. The molecule has 2 N–H and O–H groups in total. The summed E-state index contributed by atoms with van der Waals surface area (Å²) in [5, 5.41) is 19.8. The van der Waals surface area contributed by atoms with E-state index in [1.165, 1.54) is 7.11 Å². The van der Waals surface area contributed by atoms with E-state index in [1.807, 2.05) is 24.3 Å². The quantitative estimate of drug-likeness (QED) is 0.776. The number of phenolic OH excluding ortho intramolecular Hbond substituents is 1. The average Bonchev–Trinajstić information content (AvgIpc) is 3.10. The van der Waals surface area contributed by atoms with Crippen molar-refractivity contribution >= 4 is 0 Å². The highest BCUT2D eigenvalue weighted by molar-refractivity contribution is 5.44. The molecule has 146 valence electrons. The molecule has 1 saturated heterocycles. The van der Waals surface area contributed by atoms with Crippen LogP contribution in [0, 0.1) is 11.8 Å². The maximum absolute atomic E-state index is 10.0. The molecule has 0 unspecified atom stereocenters. The molecule has 6 heteroatoms. The van der Waals surface area contributed by atoms with Gasteiger partial charge >= 0.3 is 0 Å². The number of rotatable bonds is 7. The van der Waals surface area contributed by atoms with Gasteiger partial charge in [0.2, 0.25) is 0 Å². The third-order valence-electron chi connectivity index (χ3n) is 5.17. The van der Waals surface area contributed by atoms with Gasteiger partial charge in [-0.1, -0.05) is 12.1 Å². The number of hydrogen-bond acceptors (Lipinski definition) is 6. The molecule has 27 heavy (non-hydrogen) atoms. The second kappa shape index (κ2) is 8.50. The van der Waals surface area contributed by atoms with Gasteiger partial charge in [0.25, 0.3) is 0 Å². The van der Waals surface area contributed by atoms with Gasteiger partial charge in [0, 0.05) is 12.5 Å². The highest BCUT2D eigenvalue weighted by atomic mass is 16.5. The first-order valence-corrected chi connectivity index (χ1v) is 8.91. The molecule has 0 bridgehead atoms. The van der Waals surface area contributed by atoms with Gasteiger partial charge in [0.05, 0.1) is 34.0 Å². The molecule has 2 aromatic carbocycles. The number of methoxy groups -OCH3 is 3. The molecule has 3 atom stereocenters. The summed E-state index contributed by atoms with van der Waals surface area (Å²) in [6, 6.07) is 11.0. The predicted molar refractivity (Wildman–Crippen MR) is 101 cm³/mol. The Kier molecular flexibility index (Phi) is 6.08. The fourth-order valence-electron chi connectivity index (χ4n) is 3.70. The van der Waals surface area contributed by atoms with Crippen LogP contribution in [0.1, 0.15) is 17.2 Å². The lowest BCUT2D eigenvalue weighted by molar-refractivity contribution is 0.0717. The molecular formula is C21H26O6. The summed E-state index contributed by atoms with van der Waals surface area (Å²) in [5.41, 5.74) is 1.99. The highest BCUT2D eigenvalue weighted by Crippen LogP contribution is 2.42. The van der Waals surface area contributed by atoms with E-state index in [1.54, 1.807) is 26.4 Å². The van der Waals surface area contributed by atoms with Crippen LogP contribution in [0.25, 0.3) is 0 Å². The van der Waals surface area contributed by atoms with E-state index < -0.39 is 0 Å². The standard InChI is InChI=1S/C21H26O6/c1-24-18-7-4-13(9-20(18)26-3)8-15-12-27-21(16(15)11-22)14-5-6-17(23)19(10-14)25-2/h4-7,9-10,15-16,21-23H,8,11-12H2,1-3H3/t15-,16+,21-/m0/s1. The Morgan fingerprint density at radius 3 is 2.37 bits per heavy atom. The normalized spacial score (nSPS) is 21.9. The second-order valence-electron chi connectivity index (χ2n) is 6.69. The maximum atomic E-state index is 10.0. The van der Waals surface area contributed by atoms with Crippen LogP contribution in [0.4, 0.5) is 0 Å². The molecule has 2 aromatic rings. The lowest BCUT2D eigenvalue weighted by atomic mass is 9.84. The monoisotopic (exact) mass is 374 g/mol. The Morgan fingerprint density at radius 1 is 0.963 bits per heavy atom. The lowest BCUT2D eigenvalue weighted by Crippen LogP contribution is -2.21. The van der Waals surface area contributed by atoms with Crippen molar-refractivity contribution in [1.29, 1.82) is 0 Å². The first-order chi connectivity index (χ1) is 13.1. The van der Waals surface area contributed by atoms with E-state index in [9.17, 15) is 10.2 Å². The summed E-state index contributed by atoms with van der Waals surface area (Å²) in [7, 11) is 4.74. The largest absolute Gasteiger partial charge is 0.504 e. The third-order valence-corrected chi connectivity index (χ3v) is 5.17. The Hall–Kier alpha value is -2.44. The Bertz CT molecular complexity index is 775. The van der Waals surface area contributed by atoms with Crippen LogP contribution in [-0.4, -0.2) is 44.8 Å². The molecular weight excluding hydrogens is 348 g/mol. The molecule has 0 radical (unpaired) electrons. The fourth-order valence-corrected chi connectivity index (χ4v) is 3.70. The van der Waals surface area contributed by atoms with E-state index in [0.29, 0.717) is 23.9 Å². The van der Waals surface area contributed by atoms with E-state index in [-0.39, 0.29) is 30.3 Å². The van der Waals surface area contributed by atoms with Crippen molar-refractivity contribution in [3.05, 3.63) is 47.5 Å². The molecule has 0 aliphatic carbocycles. The number of aromatic hydroxyl groups is 1. The zero-order chi connectivity index (χ0) is 19.4. The van der Waals surface area contributed by atoms with Gasteiger partial charge in [-0.25, -0.2) is 0 Å². The molecule has 0 spiro atoms. The summed E-state index contributed by atoms with van der Waals surface area (Å²) < 4.78 is 21.9. The van der Waals surface area contributed by atoms with Crippen LogP contribution < -0.4 is 14.2 Å². The molecule has 1 aliphatic rings. The summed E-state index contributed by atoms with van der Waals surface area (Å²) >= 11 is 0. The van der Waals surface area contributed by atoms with Crippen molar-refractivity contribution in [2.45, 2.75) is 12.5 Å². The Labute approximate surface area is 159 Å². The summed E-state index contributed by atoms with van der Waals surface area (Å²) in [4.78, 5) is 0. The maximum Gasteiger partial charge on any atom is 0.160 e. The second-order valence-corrected chi connectivity index (χ2v) is 6.69. The van der Waals surface area contributed by atoms with Crippen molar-refractivity contribution in [2.75, 3.05) is 34.5 Å². The number of ether oxygens (including phenoxy) is 4. The van der Waals surface area contributed by atoms with Gasteiger partial charge in [-0.3, -0.25) is 0 Å². The fraction of sp³-hybridized carbons (Fsp3) is 0.429. The van der Waals surface area contributed by atoms with Crippen molar-refractivity contribution in [2.24, 2.45) is 11.8 Å². The van der Waals surface area contributed by atoms with Crippen molar-refractivity contribution in [3.8, 4) is 23.0 Å². The molecule has 0 aromatic heterocycles. The van der Waals surface area contributed by atoms with Crippen molar-refractivity contribution in [1.82, 2.24) is 0 Å². The zero-order valence-corrected chi connectivity index (χ0v) is 15.8. The SMILES string of the molecule is COc1cc([C@@H]2OC[C@H](Cc3ccc(OC)c(OC)c3)[C@H]2CO)ccc1O. The van der Waals surface area contributed by atoms with Gasteiger partial charge in [-0.2, -0.15) is 0 Å². The smallest absolute Gasteiger partial charge is 0.160 e. The minimum atomic E-state index is -0.241. The minimum absolute atomic E-state index is 0.0197. The third kappa shape index (κ3) is 3.96. The van der Waals surface area contributed by atoms with Crippen molar-refractivity contribution in [3.63, 3.8) is 0 Å². The van der Waals surface area contributed by atoms with E-state index in [4.69, 9.17) is 18.9 Å². The predicted octanol–water partition coefficient (Wildman–Crippen LogP) is 2.96. The van der Waals surface area contributed by atoms with Crippen LogP contribution in [0.5, 0.6) is 23.0 Å². The van der Waals surface area contributed by atoms with E-state index in [0.717, 1.165) is 17.5 Å². The summed E-state index contributed by atoms with van der Waals surface area (Å²) in [5.74, 6) is 1.98. The molecule has 1 fully saturated rings. The molecule has 6 nitrogen and oxygen atoms in total. The zero-order valence-electron chi connectivity index (χ0n) is 15.8. The van der Waals surface area contributed by atoms with Crippen molar-refractivity contribution < 1.29 is 29.2 Å². The lowest BCUT2D eigenvalue weighted by Gasteiger charge is -2.22. The minimum Gasteiger partial charge on any atom is -0.504 e. The van der Waals surface area contributed by atoms with Gasteiger partial charge in [-0.15, -0.1) is 0 Å². The van der Waals surface area contributed by atoms with Gasteiger partial charge in [0.1, 0.15) is 0 Å². The van der Waals surface area contributed by atoms with Crippen LogP contribution in [-0.2, 0) is 11.2 Å². The molecule has 3 rings (SSSR count). The van der Waals surface area contributed by atoms with E-state index in [2.05, 4.69) is 0 Å². The highest BCUT2D eigenvalue weighted by Gasteiger charge is 2.38. The summed E-state index contributed by atoms with van der Waals surface area (Å²) in [6.07, 6.45) is 0.520. The number of aliphatic hydroxyl groups is 1. The topological polar surface area (TPSA) is 77.4 Å². The van der Waals surface area contributed by atoms with Crippen LogP contribution in [0.2, 0.25) is 0 Å². The van der Waals surface area contributed by atoms with Crippen LogP contribution in [0.3, 0.4) is 0 Å². The molecule has 1 heterocycles. The first-order valence-electron chi connectivity index (χ1n) is 8.91. The molecule has 1 aliphatic heterocycles. The number of hydrogen-bond donors (Lipinski definition) is 2. The molecule has 0 amide bonds. The Balaban J connectivity index is 1.79. The van der Waals surface area contributed by atoms with Crippen LogP contribution in [0.15, 0.2) is 36.4 Å². The number of aliphatic hydroxyl groups excluding tert-OH is 1. The average molecular weight is 374 g/mol. The van der Waals surface area contributed by atoms with Gasteiger partial charge < -0.3 is 29.2 Å². The molecule has 0 saturated carbocycles.